The Bertz CT molecular complexity index is 434. The Morgan fingerprint density at radius 2 is 2.17 bits per heavy atom. The molecule has 6 heteroatoms. The van der Waals surface area contributed by atoms with Gasteiger partial charge in [-0.1, -0.05) is 0 Å². The van der Waals surface area contributed by atoms with Gasteiger partial charge < -0.3 is 19.7 Å². The number of thioether (sulfide) groups is 1. The standard InChI is InChI=1S/C12H14O5S/c13-4-9(14)5-18-6-10(15)8-1-2-11-12(3-8)17-7-16-11/h1-3,9,13-14H,4-7H2. The number of hydrogen-bond donors (Lipinski definition) is 2. The Hall–Kier alpha value is -1.24. The van der Waals surface area contributed by atoms with Gasteiger partial charge >= 0.3 is 0 Å². The first kappa shape index (κ1) is 13.2. The van der Waals surface area contributed by atoms with Crippen molar-refractivity contribution in [1.29, 1.82) is 0 Å². The Morgan fingerprint density at radius 1 is 1.39 bits per heavy atom. The van der Waals surface area contributed by atoms with Crippen LogP contribution in [0.3, 0.4) is 0 Å². The van der Waals surface area contributed by atoms with Crippen LogP contribution in [0, 0.1) is 0 Å². The molecule has 1 atom stereocenters. The highest BCUT2D eigenvalue weighted by Gasteiger charge is 2.16. The van der Waals surface area contributed by atoms with Crippen molar-refractivity contribution < 1.29 is 24.5 Å². The summed E-state index contributed by atoms with van der Waals surface area (Å²) >= 11 is 1.29. The Kier molecular flexibility index (Phi) is 4.46. The molecule has 2 rings (SSSR count). The maximum Gasteiger partial charge on any atom is 0.231 e. The van der Waals surface area contributed by atoms with Crippen molar-refractivity contribution in [2.75, 3.05) is 24.9 Å². The molecule has 18 heavy (non-hydrogen) atoms. The van der Waals surface area contributed by atoms with Crippen molar-refractivity contribution in [2.45, 2.75) is 6.10 Å². The molecule has 1 unspecified atom stereocenters. The number of benzene rings is 1. The number of aliphatic hydroxyl groups excluding tert-OH is 2. The van der Waals surface area contributed by atoms with E-state index < -0.39 is 6.10 Å². The van der Waals surface area contributed by atoms with E-state index in [1.807, 2.05) is 0 Å². The average molecular weight is 270 g/mol. The molecule has 1 heterocycles. The number of hydrogen-bond acceptors (Lipinski definition) is 6. The Labute approximate surface area is 109 Å². The fraction of sp³-hybridized carbons (Fsp3) is 0.417. The van der Waals surface area contributed by atoms with Crippen LogP contribution in [-0.4, -0.2) is 47.0 Å². The smallest absolute Gasteiger partial charge is 0.231 e. The second kappa shape index (κ2) is 6.08. The van der Waals surface area contributed by atoms with Crippen LogP contribution in [0.1, 0.15) is 10.4 Å². The first-order valence-corrected chi connectivity index (χ1v) is 6.65. The van der Waals surface area contributed by atoms with E-state index in [0.29, 0.717) is 22.8 Å². The van der Waals surface area contributed by atoms with Gasteiger partial charge in [0.1, 0.15) is 0 Å². The van der Waals surface area contributed by atoms with E-state index in [0.717, 1.165) is 0 Å². The Morgan fingerprint density at radius 3 is 2.94 bits per heavy atom. The van der Waals surface area contributed by atoms with Crippen LogP contribution < -0.4 is 9.47 Å². The normalized spacial score (nSPS) is 14.6. The molecule has 2 N–H and O–H groups in total. The quantitative estimate of drug-likeness (QED) is 0.741. The van der Waals surface area contributed by atoms with Gasteiger partial charge in [-0.3, -0.25) is 4.79 Å². The lowest BCUT2D eigenvalue weighted by Gasteiger charge is -2.06. The zero-order valence-corrected chi connectivity index (χ0v) is 10.5. The molecule has 1 aliphatic heterocycles. The van der Waals surface area contributed by atoms with E-state index in [-0.39, 0.29) is 24.9 Å². The molecular weight excluding hydrogens is 256 g/mol. The summed E-state index contributed by atoms with van der Waals surface area (Å²) in [4.78, 5) is 11.9. The second-order valence-electron chi connectivity index (χ2n) is 3.84. The third kappa shape index (κ3) is 3.16. The second-order valence-corrected chi connectivity index (χ2v) is 4.87. The first-order chi connectivity index (χ1) is 8.70. The minimum atomic E-state index is -0.778. The highest BCUT2D eigenvalue weighted by Crippen LogP contribution is 2.32. The number of carbonyl (C=O) groups excluding carboxylic acids is 1. The monoisotopic (exact) mass is 270 g/mol. The highest BCUT2D eigenvalue weighted by atomic mass is 32.2. The molecular formula is C12H14O5S. The van der Waals surface area contributed by atoms with Gasteiger partial charge in [-0.05, 0) is 18.2 Å². The summed E-state index contributed by atoms with van der Waals surface area (Å²) in [6.07, 6.45) is -0.778. The van der Waals surface area contributed by atoms with E-state index in [1.165, 1.54) is 11.8 Å². The van der Waals surface area contributed by atoms with Crippen LogP contribution in [0.15, 0.2) is 18.2 Å². The molecule has 0 amide bonds. The minimum Gasteiger partial charge on any atom is -0.454 e. The van der Waals surface area contributed by atoms with Crippen LogP contribution in [0.4, 0.5) is 0 Å². The van der Waals surface area contributed by atoms with Gasteiger partial charge in [0.2, 0.25) is 6.79 Å². The molecule has 0 fully saturated rings. The van der Waals surface area contributed by atoms with Crippen molar-refractivity contribution in [3.8, 4) is 11.5 Å². The van der Waals surface area contributed by atoms with Crippen LogP contribution in [0.5, 0.6) is 11.5 Å². The predicted molar refractivity (Wildman–Crippen MR) is 67.3 cm³/mol. The minimum absolute atomic E-state index is 0.0385. The van der Waals surface area contributed by atoms with Gasteiger partial charge in [0.05, 0.1) is 18.5 Å². The molecule has 0 spiro atoms. The van der Waals surface area contributed by atoms with E-state index in [9.17, 15) is 4.79 Å². The van der Waals surface area contributed by atoms with Crippen molar-refractivity contribution in [3.63, 3.8) is 0 Å². The number of ether oxygens (including phenoxy) is 2. The highest BCUT2D eigenvalue weighted by molar-refractivity contribution is 8.00. The molecule has 0 aliphatic carbocycles. The number of carbonyl (C=O) groups is 1. The average Bonchev–Trinajstić information content (AvgIpc) is 2.85. The van der Waals surface area contributed by atoms with E-state index in [1.54, 1.807) is 18.2 Å². The molecule has 0 aromatic heterocycles. The summed E-state index contributed by atoms with van der Waals surface area (Å²) in [5.74, 6) is 1.79. The molecule has 0 bridgehead atoms. The van der Waals surface area contributed by atoms with Crippen molar-refractivity contribution in [2.24, 2.45) is 0 Å². The summed E-state index contributed by atoms with van der Waals surface area (Å²) in [7, 11) is 0. The summed E-state index contributed by atoms with van der Waals surface area (Å²) < 4.78 is 10.4. The van der Waals surface area contributed by atoms with Crippen LogP contribution >= 0.6 is 11.8 Å². The van der Waals surface area contributed by atoms with Crippen LogP contribution in [-0.2, 0) is 0 Å². The van der Waals surface area contributed by atoms with E-state index >= 15 is 0 Å². The lowest BCUT2D eigenvalue weighted by molar-refractivity contribution is 0.102. The number of aliphatic hydroxyl groups is 2. The fourth-order valence-electron chi connectivity index (χ4n) is 1.49. The van der Waals surface area contributed by atoms with Gasteiger partial charge in [-0.15, -0.1) is 0 Å². The molecule has 1 aliphatic rings. The molecule has 0 saturated carbocycles. The number of rotatable bonds is 6. The maximum atomic E-state index is 11.9. The SMILES string of the molecule is O=C(CSCC(O)CO)c1ccc2c(c1)OCO2. The van der Waals surface area contributed by atoms with E-state index in [4.69, 9.17) is 19.7 Å². The van der Waals surface area contributed by atoms with Gasteiger partial charge in [0.25, 0.3) is 0 Å². The summed E-state index contributed by atoms with van der Waals surface area (Å²) in [5.41, 5.74) is 0.560. The third-order valence-corrected chi connectivity index (χ3v) is 3.54. The van der Waals surface area contributed by atoms with Gasteiger partial charge in [-0.2, -0.15) is 11.8 Å². The van der Waals surface area contributed by atoms with E-state index in [2.05, 4.69) is 0 Å². The molecule has 5 nitrogen and oxygen atoms in total. The van der Waals surface area contributed by atoms with Crippen LogP contribution in [0.2, 0.25) is 0 Å². The van der Waals surface area contributed by atoms with Gasteiger partial charge in [0.15, 0.2) is 17.3 Å². The maximum absolute atomic E-state index is 11.9. The topological polar surface area (TPSA) is 76.0 Å². The van der Waals surface area contributed by atoms with Crippen molar-refractivity contribution >= 4 is 17.5 Å². The number of ketones is 1. The van der Waals surface area contributed by atoms with Crippen LogP contribution in [0.25, 0.3) is 0 Å². The molecule has 1 aromatic carbocycles. The zero-order chi connectivity index (χ0) is 13.0. The Balaban J connectivity index is 1.89. The first-order valence-electron chi connectivity index (χ1n) is 5.50. The third-order valence-electron chi connectivity index (χ3n) is 2.45. The number of Topliss-reactive ketones (excluding diaryl/α,β-unsaturated/α-hetero) is 1. The summed E-state index contributed by atoms with van der Waals surface area (Å²) in [6.45, 7) is -0.102. The predicted octanol–water partition coefficient (Wildman–Crippen LogP) is 0.684. The zero-order valence-electron chi connectivity index (χ0n) is 9.67. The van der Waals surface area contributed by atoms with Crippen molar-refractivity contribution in [1.82, 2.24) is 0 Å². The molecule has 0 radical (unpaired) electrons. The largest absolute Gasteiger partial charge is 0.454 e. The lowest BCUT2D eigenvalue weighted by Crippen LogP contribution is -2.16. The molecule has 98 valence electrons. The number of fused-ring (bicyclic) bond motifs is 1. The fourth-order valence-corrected chi connectivity index (χ4v) is 2.34. The summed E-state index contributed by atoms with van der Waals surface area (Å²) in [5, 5.41) is 17.8. The van der Waals surface area contributed by atoms with Gasteiger partial charge in [-0.25, -0.2) is 0 Å². The van der Waals surface area contributed by atoms with Crippen molar-refractivity contribution in [3.05, 3.63) is 23.8 Å². The summed E-state index contributed by atoms with van der Waals surface area (Å²) in [6, 6.07) is 5.06. The molecule has 1 aromatic rings. The molecule has 0 saturated heterocycles. The van der Waals surface area contributed by atoms with Gasteiger partial charge in [0, 0.05) is 11.3 Å². The lowest BCUT2D eigenvalue weighted by atomic mass is 10.1.